The summed E-state index contributed by atoms with van der Waals surface area (Å²) in [6, 6.07) is 0.637. The first-order valence-electron chi connectivity index (χ1n) is 8.79. The van der Waals surface area contributed by atoms with E-state index < -0.39 is 0 Å². The van der Waals surface area contributed by atoms with Crippen LogP contribution in [-0.4, -0.2) is 63.5 Å². The predicted molar refractivity (Wildman–Crippen MR) is 86.7 cm³/mol. The van der Waals surface area contributed by atoms with Gasteiger partial charge in [-0.15, -0.1) is 0 Å². The maximum Gasteiger partial charge on any atom is 0.0971 e. The fraction of sp³-hybridized carbons (Fsp3) is 1.00. The normalized spacial score (nSPS) is 29.9. The van der Waals surface area contributed by atoms with E-state index in [2.05, 4.69) is 17.1 Å². The highest BCUT2D eigenvalue weighted by molar-refractivity contribution is 4.90. The van der Waals surface area contributed by atoms with E-state index in [1.165, 1.54) is 38.5 Å². The number of nitrogens with one attached hydrogen (secondary N) is 1. The van der Waals surface area contributed by atoms with Crippen LogP contribution in [0.1, 0.15) is 45.4 Å². The van der Waals surface area contributed by atoms with Gasteiger partial charge in [0, 0.05) is 39.9 Å². The SMILES string of the molecule is CCCNC(CN1CC(OC)C(OC)C1)C1CCCCC1. The molecule has 21 heavy (non-hydrogen) atoms. The van der Waals surface area contributed by atoms with E-state index in [-0.39, 0.29) is 12.2 Å². The van der Waals surface area contributed by atoms with Crippen LogP contribution < -0.4 is 5.32 Å². The molecule has 2 aliphatic rings. The summed E-state index contributed by atoms with van der Waals surface area (Å²) in [4.78, 5) is 2.53. The number of hydrogen-bond donors (Lipinski definition) is 1. The van der Waals surface area contributed by atoms with Crippen LogP contribution in [-0.2, 0) is 9.47 Å². The molecule has 4 nitrogen and oxygen atoms in total. The van der Waals surface area contributed by atoms with Gasteiger partial charge in [-0.05, 0) is 31.7 Å². The van der Waals surface area contributed by atoms with E-state index in [9.17, 15) is 0 Å². The maximum absolute atomic E-state index is 5.57. The zero-order chi connectivity index (χ0) is 15.1. The van der Waals surface area contributed by atoms with Gasteiger partial charge in [-0.2, -0.15) is 0 Å². The summed E-state index contributed by atoms with van der Waals surface area (Å²) < 4.78 is 11.1. The van der Waals surface area contributed by atoms with Crippen LogP contribution in [0.15, 0.2) is 0 Å². The molecule has 1 heterocycles. The average molecular weight is 298 g/mol. The number of nitrogens with zero attached hydrogens (tertiary/aromatic N) is 1. The van der Waals surface area contributed by atoms with E-state index in [0.717, 1.165) is 32.1 Å². The number of hydrogen-bond acceptors (Lipinski definition) is 4. The number of rotatable bonds is 8. The molecule has 1 aliphatic carbocycles. The zero-order valence-electron chi connectivity index (χ0n) is 14.1. The molecule has 2 rings (SSSR count). The van der Waals surface area contributed by atoms with Gasteiger partial charge in [0.05, 0.1) is 12.2 Å². The summed E-state index contributed by atoms with van der Waals surface area (Å²) in [5.74, 6) is 0.855. The fourth-order valence-electron chi connectivity index (χ4n) is 3.95. The lowest BCUT2D eigenvalue weighted by atomic mass is 9.83. The van der Waals surface area contributed by atoms with Crippen molar-refractivity contribution in [3.8, 4) is 0 Å². The first kappa shape index (κ1) is 17.2. The highest BCUT2D eigenvalue weighted by Crippen LogP contribution is 2.28. The lowest BCUT2D eigenvalue weighted by Gasteiger charge is -2.34. The second-order valence-electron chi connectivity index (χ2n) is 6.73. The standard InChI is InChI=1S/C17H34N2O2/c1-4-10-18-15(14-8-6-5-7-9-14)11-19-12-16(20-2)17(13-19)21-3/h14-18H,4-13H2,1-3H3. The largest absolute Gasteiger partial charge is 0.377 e. The molecule has 0 aromatic carbocycles. The van der Waals surface area contributed by atoms with Gasteiger partial charge in [-0.25, -0.2) is 0 Å². The minimum atomic E-state index is 0.230. The second kappa shape index (κ2) is 9.09. The Morgan fingerprint density at radius 1 is 1.05 bits per heavy atom. The Morgan fingerprint density at radius 2 is 1.67 bits per heavy atom. The van der Waals surface area contributed by atoms with Gasteiger partial charge in [0.1, 0.15) is 0 Å². The minimum Gasteiger partial charge on any atom is -0.377 e. The summed E-state index contributed by atoms with van der Waals surface area (Å²) in [5.41, 5.74) is 0. The summed E-state index contributed by atoms with van der Waals surface area (Å²) >= 11 is 0. The van der Waals surface area contributed by atoms with Gasteiger partial charge >= 0.3 is 0 Å². The third-order valence-electron chi connectivity index (χ3n) is 5.23. The van der Waals surface area contributed by atoms with Crippen molar-refractivity contribution in [3.63, 3.8) is 0 Å². The number of likely N-dealkylation sites (tertiary alicyclic amines) is 1. The first-order valence-corrected chi connectivity index (χ1v) is 8.79. The molecule has 0 aromatic heterocycles. The molecule has 1 saturated carbocycles. The Hall–Kier alpha value is -0.160. The van der Waals surface area contributed by atoms with Crippen LogP contribution in [0.2, 0.25) is 0 Å². The van der Waals surface area contributed by atoms with Crippen LogP contribution in [0.5, 0.6) is 0 Å². The number of methoxy groups -OCH3 is 2. The van der Waals surface area contributed by atoms with Gasteiger partial charge in [-0.1, -0.05) is 26.2 Å². The Morgan fingerprint density at radius 3 is 2.19 bits per heavy atom. The van der Waals surface area contributed by atoms with Crippen molar-refractivity contribution in [1.29, 1.82) is 0 Å². The average Bonchev–Trinajstić information content (AvgIpc) is 2.94. The second-order valence-corrected chi connectivity index (χ2v) is 6.73. The molecule has 4 heteroatoms. The molecule has 2 fully saturated rings. The molecule has 0 aromatic rings. The van der Waals surface area contributed by atoms with Crippen LogP contribution in [0, 0.1) is 5.92 Å². The summed E-state index contributed by atoms with van der Waals surface area (Å²) in [5, 5.41) is 3.81. The van der Waals surface area contributed by atoms with E-state index in [4.69, 9.17) is 9.47 Å². The van der Waals surface area contributed by atoms with Crippen molar-refractivity contribution in [2.24, 2.45) is 5.92 Å². The van der Waals surface area contributed by atoms with Gasteiger partial charge in [-0.3, -0.25) is 4.90 Å². The molecule has 0 amide bonds. The molecule has 1 N–H and O–H groups in total. The predicted octanol–water partition coefficient (Wildman–Crippen LogP) is 2.28. The van der Waals surface area contributed by atoms with Gasteiger partial charge in [0.2, 0.25) is 0 Å². The van der Waals surface area contributed by atoms with Crippen molar-refractivity contribution in [1.82, 2.24) is 10.2 Å². The Bertz CT molecular complexity index is 270. The van der Waals surface area contributed by atoms with Crippen molar-refractivity contribution in [2.45, 2.75) is 63.7 Å². The molecule has 124 valence electrons. The van der Waals surface area contributed by atoms with Crippen molar-refractivity contribution >= 4 is 0 Å². The topological polar surface area (TPSA) is 33.7 Å². The minimum absolute atomic E-state index is 0.230. The van der Waals surface area contributed by atoms with Crippen molar-refractivity contribution in [3.05, 3.63) is 0 Å². The van der Waals surface area contributed by atoms with Gasteiger partial charge < -0.3 is 14.8 Å². The molecule has 1 saturated heterocycles. The summed E-state index contributed by atoms with van der Waals surface area (Å²) in [6.07, 6.45) is 8.73. The van der Waals surface area contributed by atoms with E-state index in [1.807, 2.05) is 0 Å². The van der Waals surface area contributed by atoms with Gasteiger partial charge in [0.15, 0.2) is 0 Å². The van der Waals surface area contributed by atoms with Crippen LogP contribution >= 0.6 is 0 Å². The van der Waals surface area contributed by atoms with Crippen LogP contribution in [0.3, 0.4) is 0 Å². The molecule has 1 aliphatic heterocycles. The quantitative estimate of drug-likeness (QED) is 0.745. The molecule has 0 bridgehead atoms. The van der Waals surface area contributed by atoms with E-state index >= 15 is 0 Å². The highest BCUT2D eigenvalue weighted by Gasteiger charge is 2.35. The lowest BCUT2D eigenvalue weighted by molar-refractivity contribution is -0.00461. The monoisotopic (exact) mass is 298 g/mol. The van der Waals surface area contributed by atoms with Crippen molar-refractivity contribution < 1.29 is 9.47 Å². The zero-order valence-corrected chi connectivity index (χ0v) is 14.1. The van der Waals surface area contributed by atoms with Gasteiger partial charge in [0.25, 0.3) is 0 Å². The first-order chi connectivity index (χ1) is 10.3. The van der Waals surface area contributed by atoms with Crippen molar-refractivity contribution in [2.75, 3.05) is 40.4 Å². The Balaban J connectivity index is 1.88. The van der Waals surface area contributed by atoms with Crippen LogP contribution in [0.25, 0.3) is 0 Å². The highest BCUT2D eigenvalue weighted by atomic mass is 16.5. The third kappa shape index (κ3) is 4.92. The molecule has 3 unspecified atom stereocenters. The summed E-state index contributed by atoms with van der Waals surface area (Å²) in [7, 11) is 3.60. The molecule has 3 atom stereocenters. The fourth-order valence-corrected chi connectivity index (χ4v) is 3.95. The van der Waals surface area contributed by atoms with Crippen LogP contribution in [0.4, 0.5) is 0 Å². The molecular weight excluding hydrogens is 264 g/mol. The Labute approximate surface area is 130 Å². The molecule has 0 radical (unpaired) electrons. The third-order valence-corrected chi connectivity index (χ3v) is 5.23. The Kier molecular flexibility index (Phi) is 7.44. The van der Waals surface area contributed by atoms with E-state index in [0.29, 0.717) is 6.04 Å². The molecular formula is C17H34N2O2. The molecule has 0 spiro atoms. The smallest absolute Gasteiger partial charge is 0.0971 e. The lowest BCUT2D eigenvalue weighted by Crippen LogP contribution is -2.46. The number of ether oxygens (including phenoxy) is 2. The van der Waals surface area contributed by atoms with E-state index in [1.54, 1.807) is 14.2 Å². The summed E-state index contributed by atoms with van der Waals surface area (Å²) in [6.45, 7) is 6.54. The maximum atomic E-state index is 5.57.